The number of esters is 1. The van der Waals surface area contributed by atoms with Crippen LogP contribution >= 0.6 is 11.8 Å². The molecule has 3 aromatic rings. The van der Waals surface area contributed by atoms with Crippen molar-refractivity contribution in [1.82, 2.24) is 4.90 Å². The van der Waals surface area contributed by atoms with Gasteiger partial charge in [0.05, 0.1) is 23.9 Å². The van der Waals surface area contributed by atoms with E-state index in [-0.39, 0.29) is 28.5 Å². The van der Waals surface area contributed by atoms with Gasteiger partial charge < -0.3 is 9.47 Å². The molecular formula is C27H18FN3O4S. The van der Waals surface area contributed by atoms with Crippen LogP contribution < -0.4 is 9.47 Å². The summed E-state index contributed by atoms with van der Waals surface area (Å²) in [7, 11) is 1.42. The third-order valence-electron chi connectivity index (χ3n) is 5.47. The van der Waals surface area contributed by atoms with Crippen LogP contribution in [0.3, 0.4) is 0 Å². The lowest BCUT2D eigenvalue weighted by Crippen LogP contribution is -2.38. The highest BCUT2D eigenvalue weighted by Crippen LogP contribution is 2.37. The lowest BCUT2D eigenvalue weighted by atomic mass is 10.1. The summed E-state index contributed by atoms with van der Waals surface area (Å²) in [6, 6.07) is 19.3. The first-order valence-corrected chi connectivity index (χ1v) is 11.6. The number of methoxy groups -OCH3 is 1. The van der Waals surface area contributed by atoms with E-state index in [0.29, 0.717) is 10.7 Å². The number of aliphatic imine (C=N–C) groups is 1. The van der Waals surface area contributed by atoms with Gasteiger partial charge in [-0.05, 0) is 53.6 Å². The molecule has 36 heavy (non-hydrogen) atoms. The number of fused-ring (bicyclic) bond motifs is 1. The smallest absolute Gasteiger partial charge is 0.343 e. The van der Waals surface area contributed by atoms with Crippen LogP contribution in [0.5, 0.6) is 11.5 Å². The van der Waals surface area contributed by atoms with Crippen molar-refractivity contribution in [2.45, 2.75) is 0 Å². The minimum absolute atomic E-state index is 0.0101. The summed E-state index contributed by atoms with van der Waals surface area (Å²) in [5.74, 6) is -1.23. The van der Waals surface area contributed by atoms with Crippen LogP contribution in [-0.2, 0) is 4.79 Å². The Labute approximate surface area is 210 Å². The Kier molecular flexibility index (Phi) is 6.22. The molecule has 0 saturated carbocycles. The number of thioether (sulfide) groups is 1. The summed E-state index contributed by atoms with van der Waals surface area (Å²) < 4.78 is 23.9. The molecular weight excluding hydrogens is 481 g/mol. The van der Waals surface area contributed by atoms with E-state index in [1.54, 1.807) is 23.1 Å². The van der Waals surface area contributed by atoms with Gasteiger partial charge in [0.25, 0.3) is 5.91 Å². The van der Waals surface area contributed by atoms with Crippen molar-refractivity contribution in [3.05, 3.63) is 106 Å². The summed E-state index contributed by atoms with van der Waals surface area (Å²) >= 11 is 1.29. The van der Waals surface area contributed by atoms with E-state index in [9.17, 15) is 14.0 Å². The molecule has 0 spiro atoms. The van der Waals surface area contributed by atoms with Crippen LogP contribution in [0.25, 0.3) is 11.8 Å². The summed E-state index contributed by atoms with van der Waals surface area (Å²) in [4.78, 5) is 31.0. The van der Waals surface area contributed by atoms with Crippen LogP contribution in [0.15, 0.2) is 88.8 Å². The molecule has 0 atom stereocenters. The zero-order valence-electron chi connectivity index (χ0n) is 18.9. The highest BCUT2D eigenvalue weighted by atomic mass is 32.2. The van der Waals surface area contributed by atoms with Gasteiger partial charge in [0.15, 0.2) is 16.7 Å². The standard InChI is InChI=1S/C27H18FN3O4S/c1-34-23-14-16(7-12-22(23)35-26(33)18-8-10-19(28)11-9-18)13-20-24(29)31-21(17-5-3-2-4-6-17)15-36-27(31)30-25(20)32/h2-15,29H,1H3. The number of hydrogen-bond donors (Lipinski definition) is 1. The highest BCUT2D eigenvalue weighted by molar-refractivity contribution is 8.17. The second kappa shape index (κ2) is 9.63. The number of ether oxygens (including phenoxy) is 2. The number of nitrogens with one attached hydrogen (secondary N) is 1. The Morgan fingerprint density at radius 2 is 1.81 bits per heavy atom. The molecule has 0 bridgehead atoms. The summed E-state index contributed by atoms with van der Waals surface area (Å²) in [5, 5.41) is 11.1. The maximum absolute atomic E-state index is 13.1. The molecule has 1 amide bonds. The molecule has 0 saturated heterocycles. The first-order valence-electron chi connectivity index (χ1n) is 10.8. The molecule has 2 heterocycles. The predicted octanol–water partition coefficient (Wildman–Crippen LogP) is 5.36. The van der Waals surface area contributed by atoms with Gasteiger partial charge in [0.1, 0.15) is 11.7 Å². The van der Waals surface area contributed by atoms with Gasteiger partial charge in [0.2, 0.25) is 0 Å². The summed E-state index contributed by atoms with van der Waals surface area (Å²) in [6.07, 6.45) is 1.55. The second-order valence-corrected chi connectivity index (χ2v) is 8.57. The molecule has 9 heteroatoms. The van der Waals surface area contributed by atoms with Crippen molar-refractivity contribution in [3.8, 4) is 11.5 Å². The fraction of sp³-hybridized carbons (Fsp3) is 0.0370. The quantitative estimate of drug-likeness (QED) is 0.289. The van der Waals surface area contributed by atoms with Crippen molar-refractivity contribution in [1.29, 1.82) is 5.41 Å². The van der Waals surface area contributed by atoms with Gasteiger partial charge >= 0.3 is 5.97 Å². The molecule has 5 rings (SSSR count). The Morgan fingerprint density at radius 1 is 1.06 bits per heavy atom. The molecule has 3 aromatic carbocycles. The van der Waals surface area contributed by atoms with Crippen LogP contribution in [0.2, 0.25) is 0 Å². The maximum atomic E-state index is 13.1. The molecule has 2 aliphatic heterocycles. The number of carbonyl (C=O) groups is 2. The van der Waals surface area contributed by atoms with Crippen molar-refractivity contribution in [2.24, 2.45) is 4.99 Å². The number of carbonyl (C=O) groups excluding carboxylic acids is 2. The molecule has 1 N–H and O–H groups in total. The molecule has 0 fully saturated rings. The normalized spacial score (nSPS) is 15.9. The van der Waals surface area contributed by atoms with E-state index in [1.165, 1.54) is 49.2 Å². The van der Waals surface area contributed by atoms with Gasteiger partial charge in [-0.1, -0.05) is 48.2 Å². The average Bonchev–Trinajstić information content (AvgIpc) is 3.32. The van der Waals surface area contributed by atoms with Crippen molar-refractivity contribution < 1.29 is 23.5 Å². The van der Waals surface area contributed by atoms with E-state index in [1.807, 2.05) is 35.7 Å². The Bertz CT molecular complexity index is 1480. The molecule has 2 aliphatic rings. The third kappa shape index (κ3) is 4.44. The van der Waals surface area contributed by atoms with Crippen LogP contribution in [0.1, 0.15) is 21.5 Å². The summed E-state index contributed by atoms with van der Waals surface area (Å²) in [5.41, 5.74) is 2.52. The fourth-order valence-electron chi connectivity index (χ4n) is 3.68. The van der Waals surface area contributed by atoms with Crippen molar-refractivity contribution in [3.63, 3.8) is 0 Å². The number of hydrogen-bond acceptors (Lipinski definition) is 6. The first kappa shape index (κ1) is 23.3. The number of nitrogens with zero attached hydrogens (tertiary/aromatic N) is 2. The maximum Gasteiger partial charge on any atom is 0.343 e. The topological polar surface area (TPSA) is 92.1 Å². The molecule has 7 nitrogen and oxygen atoms in total. The second-order valence-electron chi connectivity index (χ2n) is 7.74. The van der Waals surface area contributed by atoms with E-state index >= 15 is 0 Å². The lowest BCUT2D eigenvalue weighted by Gasteiger charge is -2.27. The Hall–Kier alpha value is -4.50. The Balaban J connectivity index is 1.42. The molecule has 178 valence electrons. The predicted molar refractivity (Wildman–Crippen MR) is 136 cm³/mol. The minimum atomic E-state index is -0.669. The average molecular weight is 500 g/mol. The third-order valence-corrected chi connectivity index (χ3v) is 6.29. The number of amides is 1. The Morgan fingerprint density at radius 3 is 2.53 bits per heavy atom. The van der Waals surface area contributed by atoms with Crippen LogP contribution in [0, 0.1) is 11.2 Å². The molecule has 0 radical (unpaired) electrons. The zero-order chi connectivity index (χ0) is 25.2. The number of halogens is 1. The highest BCUT2D eigenvalue weighted by Gasteiger charge is 2.36. The molecule has 0 unspecified atom stereocenters. The monoisotopic (exact) mass is 499 g/mol. The fourth-order valence-corrected chi connectivity index (χ4v) is 4.57. The summed E-state index contributed by atoms with van der Waals surface area (Å²) in [6.45, 7) is 0. The van der Waals surface area contributed by atoms with E-state index in [0.717, 1.165) is 11.3 Å². The number of amidine groups is 2. The zero-order valence-corrected chi connectivity index (χ0v) is 19.7. The van der Waals surface area contributed by atoms with Crippen molar-refractivity contribution >= 4 is 46.4 Å². The molecule has 0 aromatic heterocycles. The van der Waals surface area contributed by atoms with Gasteiger partial charge in [-0.25, -0.2) is 9.18 Å². The van der Waals surface area contributed by atoms with Gasteiger partial charge in [-0.2, -0.15) is 4.99 Å². The minimum Gasteiger partial charge on any atom is -0.493 e. The first-order chi connectivity index (χ1) is 17.4. The van der Waals surface area contributed by atoms with Gasteiger partial charge in [0, 0.05) is 5.41 Å². The van der Waals surface area contributed by atoms with Gasteiger partial charge in [-0.3, -0.25) is 15.1 Å². The van der Waals surface area contributed by atoms with Crippen molar-refractivity contribution in [2.75, 3.05) is 7.11 Å². The van der Waals surface area contributed by atoms with Crippen LogP contribution in [0.4, 0.5) is 4.39 Å². The van der Waals surface area contributed by atoms with Gasteiger partial charge in [-0.15, -0.1) is 0 Å². The largest absolute Gasteiger partial charge is 0.493 e. The SMILES string of the molecule is COc1cc(C=C2C(=N)N3C(c4ccccc4)=CSC3=NC2=O)ccc1OC(=O)c1ccc(F)cc1. The van der Waals surface area contributed by atoms with E-state index in [4.69, 9.17) is 14.9 Å². The van der Waals surface area contributed by atoms with Crippen LogP contribution in [-0.4, -0.2) is 34.9 Å². The number of rotatable bonds is 5. The lowest BCUT2D eigenvalue weighted by molar-refractivity contribution is -0.114. The van der Waals surface area contributed by atoms with E-state index < -0.39 is 17.7 Å². The van der Waals surface area contributed by atoms with E-state index in [2.05, 4.69) is 4.99 Å². The molecule has 0 aliphatic carbocycles. The number of benzene rings is 3.